The molecule has 0 aliphatic carbocycles. The van der Waals surface area contributed by atoms with E-state index in [-0.39, 0.29) is 25.7 Å². The molecule has 0 aromatic carbocycles. The minimum atomic E-state index is -4.96. The summed E-state index contributed by atoms with van der Waals surface area (Å²) in [5, 5.41) is 10.6. The van der Waals surface area contributed by atoms with E-state index < -0.39 is 97.5 Å². The fourth-order valence-corrected chi connectivity index (χ4v) is 12.5. The van der Waals surface area contributed by atoms with Crippen molar-refractivity contribution in [1.82, 2.24) is 0 Å². The number of phosphoric ester groups is 2. The number of hydrogen-bond donors (Lipinski definition) is 3. The van der Waals surface area contributed by atoms with E-state index >= 15 is 0 Å². The molecule has 0 saturated carbocycles. The number of aliphatic hydroxyl groups is 1. The molecule has 0 heterocycles. The molecule has 2 unspecified atom stereocenters. The monoisotopic (exact) mass is 1380 g/mol. The summed E-state index contributed by atoms with van der Waals surface area (Å²) < 4.78 is 68.4. The third kappa shape index (κ3) is 68.1. The summed E-state index contributed by atoms with van der Waals surface area (Å²) in [6.07, 6.45) is 56.2. The Morgan fingerprint density at radius 3 is 0.872 bits per heavy atom. The molecule has 19 heteroatoms. The SMILES string of the molecule is CCCCCC/C=C\C=C/CCCCCCCC(=O)OC[C@H](COP(=O)(O)OC[C@@H](O)COP(=O)(O)OC[C@@H](COC(=O)CCCCCCCCCCCCC)OC(=O)CCCCCCCCCCCC(C)C)OC(=O)CCCCCCCCCCCCCCCC(C)C. The first kappa shape index (κ1) is 91.5. The molecule has 554 valence electrons. The first-order valence-electron chi connectivity index (χ1n) is 38.3. The predicted molar refractivity (Wildman–Crippen MR) is 381 cm³/mol. The van der Waals surface area contributed by atoms with Crippen LogP contribution in [0, 0.1) is 11.8 Å². The average molecular weight is 1380 g/mol. The van der Waals surface area contributed by atoms with Crippen molar-refractivity contribution in [2.75, 3.05) is 39.6 Å². The van der Waals surface area contributed by atoms with Gasteiger partial charge in [-0.3, -0.25) is 37.3 Å². The minimum absolute atomic E-state index is 0.100. The quantitative estimate of drug-likeness (QED) is 0.0169. The molecule has 0 fully saturated rings. The van der Waals surface area contributed by atoms with Crippen molar-refractivity contribution in [3.05, 3.63) is 24.3 Å². The van der Waals surface area contributed by atoms with Crippen molar-refractivity contribution in [1.29, 1.82) is 0 Å². The van der Waals surface area contributed by atoms with Crippen LogP contribution in [0.3, 0.4) is 0 Å². The fourth-order valence-electron chi connectivity index (χ4n) is 10.9. The van der Waals surface area contributed by atoms with Crippen LogP contribution in [0.5, 0.6) is 0 Å². The summed E-state index contributed by atoms with van der Waals surface area (Å²) in [6, 6.07) is 0. The maximum atomic E-state index is 13.1. The lowest BCUT2D eigenvalue weighted by atomic mass is 10.0. The van der Waals surface area contributed by atoms with Gasteiger partial charge < -0.3 is 33.8 Å². The number of allylic oxidation sites excluding steroid dienone is 4. The number of carbonyl (C=O) groups is 4. The molecule has 0 aromatic heterocycles. The van der Waals surface area contributed by atoms with E-state index in [9.17, 15) is 43.2 Å². The van der Waals surface area contributed by atoms with Gasteiger partial charge in [-0.05, 0) is 63.2 Å². The largest absolute Gasteiger partial charge is 0.472 e. The highest BCUT2D eigenvalue weighted by molar-refractivity contribution is 7.47. The van der Waals surface area contributed by atoms with Crippen molar-refractivity contribution in [2.45, 2.75) is 381 Å². The van der Waals surface area contributed by atoms with Crippen molar-refractivity contribution in [2.24, 2.45) is 11.8 Å². The van der Waals surface area contributed by atoms with Crippen molar-refractivity contribution in [3.63, 3.8) is 0 Å². The summed E-state index contributed by atoms with van der Waals surface area (Å²) in [5.41, 5.74) is 0. The second-order valence-electron chi connectivity index (χ2n) is 27.3. The summed E-state index contributed by atoms with van der Waals surface area (Å²) >= 11 is 0. The van der Waals surface area contributed by atoms with Crippen LogP contribution in [0.4, 0.5) is 0 Å². The molecule has 0 aliphatic heterocycles. The van der Waals surface area contributed by atoms with Gasteiger partial charge in [-0.2, -0.15) is 0 Å². The molecule has 0 amide bonds. The molecule has 17 nitrogen and oxygen atoms in total. The lowest BCUT2D eigenvalue weighted by Gasteiger charge is -2.21. The minimum Gasteiger partial charge on any atom is -0.462 e. The molecule has 3 N–H and O–H groups in total. The predicted octanol–water partition coefficient (Wildman–Crippen LogP) is 21.5. The highest BCUT2D eigenvalue weighted by Crippen LogP contribution is 2.45. The van der Waals surface area contributed by atoms with Crippen LogP contribution in [0.2, 0.25) is 0 Å². The number of rotatable bonds is 72. The summed E-state index contributed by atoms with van der Waals surface area (Å²) in [7, 11) is -9.92. The maximum Gasteiger partial charge on any atom is 0.472 e. The van der Waals surface area contributed by atoms with Crippen LogP contribution >= 0.6 is 15.6 Å². The first-order chi connectivity index (χ1) is 45.4. The van der Waals surface area contributed by atoms with Crippen LogP contribution in [0.25, 0.3) is 0 Å². The molecular weight excluding hydrogens is 1230 g/mol. The van der Waals surface area contributed by atoms with E-state index in [1.165, 1.54) is 161 Å². The molecule has 0 rings (SSSR count). The highest BCUT2D eigenvalue weighted by atomic mass is 31.2. The highest BCUT2D eigenvalue weighted by Gasteiger charge is 2.30. The van der Waals surface area contributed by atoms with Crippen molar-refractivity contribution < 1.29 is 80.2 Å². The lowest BCUT2D eigenvalue weighted by Crippen LogP contribution is -2.30. The van der Waals surface area contributed by atoms with E-state index in [2.05, 4.69) is 65.8 Å². The fraction of sp³-hybridized carbons (Fsp3) is 0.893. The van der Waals surface area contributed by atoms with Gasteiger partial charge in [0.15, 0.2) is 12.2 Å². The Bertz CT molecular complexity index is 1910. The second-order valence-corrected chi connectivity index (χ2v) is 30.2. The third-order valence-corrected chi connectivity index (χ3v) is 18.7. The number of unbranched alkanes of at least 4 members (excludes halogenated alkanes) is 39. The average Bonchev–Trinajstić information content (AvgIpc) is 1.33. The lowest BCUT2D eigenvalue weighted by molar-refractivity contribution is -0.161. The zero-order chi connectivity index (χ0) is 69.3. The van der Waals surface area contributed by atoms with Gasteiger partial charge >= 0.3 is 39.5 Å². The Morgan fingerprint density at radius 1 is 0.330 bits per heavy atom. The summed E-state index contributed by atoms with van der Waals surface area (Å²) in [6.45, 7) is 9.51. The zero-order valence-corrected chi connectivity index (χ0v) is 62.5. The Hall–Kier alpha value is -2.46. The second kappa shape index (κ2) is 66.4. The smallest absolute Gasteiger partial charge is 0.462 e. The number of hydrogen-bond acceptors (Lipinski definition) is 15. The van der Waals surface area contributed by atoms with Gasteiger partial charge in [-0.25, -0.2) is 9.13 Å². The van der Waals surface area contributed by atoms with Crippen LogP contribution in [-0.2, 0) is 65.4 Å². The van der Waals surface area contributed by atoms with E-state index in [1.54, 1.807) is 0 Å². The van der Waals surface area contributed by atoms with Crippen LogP contribution < -0.4 is 0 Å². The van der Waals surface area contributed by atoms with E-state index in [0.29, 0.717) is 25.7 Å². The third-order valence-electron chi connectivity index (χ3n) is 16.8. The van der Waals surface area contributed by atoms with Gasteiger partial charge in [-0.15, -0.1) is 0 Å². The number of phosphoric acid groups is 2. The van der Waals surface area contributed by atoms with Gasteiger partial charge in [-0.1, -0.05) is 310 Å². The van der Waals surface area contributed by atoms with Crippen molar-refractivity contribution in [3.8, 4) is 0 Å². The van der Waals surface area contributed by atoms with Gasteiger partial charge in [0, 0.05) is 25.7 Å². The topological polar surface area (TPSA) is 237 Å². The molecule has 94 heavy (non-hydrogen) atoms. The van der Waals surface area contributed by atoms with Gasteiger partial charge in [0.25, 0.3) is 0 Å². The first-order valence-corrected chi connectivity index (χ1v) is 41.3. The van der Waals surface area contributed by atoms with Crippen LogP contribution in [0.15, 0.2) is 24.3 Å². The Morgan fingerprint density at radius 2 is 0.574 bits per heavy atom. The van der Waals surface area contributed by atoms with E-state index in [4.69, 9.17) is 37.0 Å². The van der Waals surface area contributed by atoms with Crippen molar-refractivity contribution >= 4 is 39.5 Å². The van der Waals surface area contributed by atoms with E-state index in [1.807, 2.05) is 0 Å². The number of esters is 4. The number of ether oxygens (including phenoxy) is 4. The van der Waals surface area contributed by atoms with Gasteiger partial charge in [0.1, 0.15) is 19.3 Å². The van der Waals surface area contributed by atoms with Gasteiger partial charge in [0.05, 0.1) is 26.4 Å². The molecule has 0 radical (unpaired) electrons. The Balaban J connectivity index is 5.29. The molecule has 0 saturated heterocycles. The zero-order valence-electron chi connectivity index (χ0n) is 60.7. The van der Waals surface area contributed by atoms with E-state index in [0.717, 1.165) is 121 Å². The van der Waals surface area contributed by atoms with Crippen LogP contribution in [0.1, 0.15) is 363 Å². The molecule has 0 aliphatic rings. The number of carbonyl (C=O) groups excluding carboxylic acids is 4. The van der Waals surface area contributed by atoms with Crippen LogP contribution in [-0.4, -0.2) is 96.7 Å². The molecule has 0 aromatic rings. The Labute approximate surface area is 573 Å². The van der Waals surface area contributed by atoms with Gasteiger partial charge in [0.2, 0.25) is 0 Å². The number of aliphatic hydroxyl groups excluding tert-OH is 1. The normalized spacial score (nSPS) is 14.2. The maximum absolute atomic E-state index is 13.1. The molecule has 5 atom stereocenters. The Kier molecular flexibility index (Phi) is 64.7. The molecule has 0 bridgehead atoms. The standard InChI is InChI=1S/C75H142O17P2/c1-7-9-11-13-15-17-19-20-21-24-28-34-40-46-52-58-73(78)86-63-70(91-74(79)59-53-47-41-35-29-25-22-23-27-31-37-43-49-55-67(3)4)65-89-93(81,82)87-61-69(76)62-88-94(83,84)90-66-71(64-85-72(77)57-51-45-39-33-26-18-16-14-12-10-8-2)92-75(80)60-54-48-42-36-30-32-38-44-50-56-68(5)6/h17,19-21,67-71,76H,7-16,18,22-66H2,1-6H3,(H,81,82)(H,83,84)/b19-17-,21-20-/t69-,70-,71-/m1/s1. The molecular formula is C75H142O17P2. The summed E-state index contributed by atoms with van der Waals surface area (Å²) in [5.74, 6) is -0.628. The molecule has 0 spiro atoms. The summed E-state index contributed by atoms with van der Waals surface area (Å²) in [4.78, 5) is 72.7.